The summed E-state index contributed by atoms with van der Waals surface area (Å²) in [6, 6.07) is 7.26. The molecule has 2 aromatic rings. The average Bonchev–Trinajstić information content (AvgIpc) is 2.71. The van der Waals surface area contributed by atoms with Crippen molar-refractivity contribution in [2.24, 2.45) is 0 Å². The van der Waals surface area contributed by atoms with Crippen molar-refractivity contribution in [1.82, 2.24) is 0 Å². The third-order valence-electron chi connectivity index (χ3n) is 4.41. The number of rotatable bonds is 5. The largest absolute Gasteiger partial charge is 0.465 e. The number of carbonyl (C=O) groups excluding carboxylic acids is 1. The van der Waals surface area contributed by atoms with Crippen LogP contribution < -0.4 is 4.74 Å². The SMILES string of the molecule is Cc1ccc(OC2CCCC(COC(=O)c3c(F)c(F)c(F)c(F)c3F)O2)cc1. The summed E-state index contributed by atoms with van der Waals surface area (Å²) in [5.41, 5.74) is -0.579. The highest BCUT2D eigenvalue weighted by Gasteiger charge is 2.32. The van der Waals surface area contributed by atoms with E-state index in [9.17, 15) is 26.7 Å². The molecule has 1 saturated heterocycles. The summed E-state index contributed by atoms with van der Waals surface area (Å²) < 4.78 is 83.0. The fraction of sp³-hybridized carbons (Fsp3) is 0.350. The number of halogens is 5. The molecule has 1 fully saturated rings. The molecule has 29 heavy (non-hydrogen) atoms. The highest BCUT2D eigenvalue weighted by molar-refractivity contribution is 5.90. The molecule has 1 heterocycles. The van der Waals surface area contributed by atoms with Crippen molar-refractivity contribution in [3.63, 3.8) is 0 Å². The van der Waals surface area contributed by atoms with Crippen molar-refractivity contribution in [3.05, 3.63) is 64.5 Å². The molecule has 2 unspecified atom stereocenters. The number of aryl methyl sites for hydroxylation is 1. The first-order chi connectivity index (χ1) is 13.8. The van der Waals surface area contributed by atoms with E-state index in [1.165, 1.54) is 0 Å². The molecule has 9 heteroatoms. The van der Waals surface area contributed by atoms with Gasteiger partial charge in [-0.3, -0.25) is 0 Å². The molecule has 0 spiro atoms. The highest BCUT2D eigenvalue weighted by Crippen LogP contribution is 2.26. The first kappa shape index (κ1) is 21.0. The maximum absolute atomic E-state index is 13.7. The Labute approximate surface area is 163 Å². The van der Waals surface area contributed by atoms with Gasteiger partial charge in [-0.1, -0.05) is 17.7 Å². The molecular formula is C20H17F5O4. The molecule has 0 amide bonds. The Morgan fingerprint density at radius 3 is 2.17 bits per heavy atom. The minimum atomic E-state index is -2.34. The number of carbonyl (C=O) groups is 1. The van der Waals surface area contributed by atoms with Crippen LogP contribution in [0.4, 0.5) is 22.0 Å². The van der Waals surface area contributed by atoms with Gasteiger partial charge in [-0.05, 0) is 31.9 Å². The second-order valence-corrected chi connectivity index (χ2v) is 6.59. The minimum absolute atomic E-state index is 0.425. The van der Waals surface area contributed by atoms with Gasteiger partial charge in [-0.15, -0.1) is 0 Å². The molecule has 3 rings (SSSR count). The molecule has 4 nitrogen and oxygen atoms in total. The lowest BCUT2D eigenvalue weighted by atomic mass is 10.1. The van der Waals surface area contributed by atoms with Crippen molar-refractivity contribution in [2.75, 3.05) is 6.61 Å². The van der Waals surface area contributed by atoms with Crippen molar-refractivity contribution in [1.29, 1.82) is 0 Å². The van der Waals surface area contributed by atoms with Gasteiger partial charge >= 0.3 is 5.97 Å². The van der Waals surface area contributed by atoms with Crippen LogP contribution in [-0.4, -0.2) is 25.0 Å². The lowest BCUT2D eigenvalue weighted by Gasteiger charge is -2.30. The molecule has 1 aliphatic rings. The molecule has 0 radical (unpaired) electrons. The van der Waals surface area contributed by atoms with Crippen LogP contribution in [0.3, 0.4) is 0 Å². The summed E-state index contributed by atoms with van der Waals surface area (Å²) in [7, 11) is 0. The van der Waals surface area contributed by atoms with Crippen LogP contribution in [0.25, 0.3) is 0 Å². The van der Waals surface area contributed by atoms with Gasteiger partial charge in [0.15, 0.2) is 29.6 Å². The van der Waals surface area contributed by atoms with Crippen molar-refractivity contribution in [3.8, 4) is 5.75 Å². The zero-order valence-corrected chi connectivity index (χ0v) is 15.3. The number of hydrogen-bond acceptors (Lipinski definition) is 4. The van der Waals surface area contributed by atoms with E-state index in [0.29, 0.717) is 25.0 Å². The van der Waals surface area contributed by atoms with Gasteiger partial charge in [0.05, 0.1) is 6.10 Å². The van der Waals surface area contributed by atoms with Gasteiger partial charge < -0.3 is 14.2 Å². The summed E-state index contributed by atoms with van der Waals surface area (Å²) in [4.78, 5) is 11.9. The maximum atomic E-state index is 13.7. The Balaban J connectivity index is 1.61. The van der Waals surface area contributed by atoms with Crippen LogP contribution in [0.1, 0.15) is 35.2 Å². The highest BCUT2D eigenvalue weighted by atomic mass is 19.2. The van der Waals surface area contributed by atoms with Crippen molar-refractivity contribution >= 4 is 5.97 Å². The van der Waals surface area contributed by atoms with E-state index < -0.39 is 59.6 Å². The summed E-state index contributed by atoms with van der Waals surface area (Å²) in [5.74, 6) is -12.3. The fourth-order valence-electron chi connectivity index (χ4n) is 2.87. The van der Waals surface area contributed by atoms with E-state index in [-0.39, 0.29) is 0 Å². The summed E-state index contributed by atoms with van der Waals surface area (Å²) in [6.45, 7) is 1.50. The molecule has 0 aliphatic carbocycles. The van der Waals surface area contributed by atoms with Crippen LogP contribution in [-0.2, 0) is 9.47 Å². The Kier molecular flexibility index (Phi) is 6.36. The molecule has 0 aromatic heterocycles. The Morgan fingerprint density at radius 1 is 0.966 bits per heavy atom. The number of esters is 1. The van der Waals surface area contributed by atoms with Crippen molar-refractivity contribution in [2.45, 2.75) is 38.6 Å². The first-order valence-electron chi connectivity index (χ1n) is 8.85. The predicted molar refractivity (Wildman–Crippen MR) is 90.8 cm³/mol. The number of ether oxygens (including phenoxy) is 3. The van der Waals surface area contributed by atoms with E-state index in [1.54, 1.807) is 12.1 Å². The van der Waals surface area contributed by atoms with Crippen LogP contribution in [0.2, 0.25) is 0 Å². The van der Waals surface area contributed by atoms with Gasteiger partial charge in [0.25, 0.3) is 0 Å². The molecular weight excluding hydrogens is 399 g/mol. The molecule has 2 aromatic carbocycles. The van der Waals surface area contributed by atoms with E-state index in [1.807, 2.05) is 19.1 Å². The average molecular weight is 416 g/mol. The van der Waals surface area contributed by atoms with Gasteiger partial charge in [0.2, 0.25) is 5.82 Å². The predicted octanol–water partition coefficient (Wildman–Crippen LogP) is 4.82. The van der Waals surface area contributed by atoms with Crippen LogP contribution in [0.5, 0.6) is 5.75 Å². The summed E-state index contributed by atoms with van der Waals surface area (Å²) >= 11 is 0. The number of hydrogen-bond donors (Lipinski definition) is 0. The topological polar surface area (TPSA) is 44.8 Å². The lowest BCUT2D eigenvalue weighted by molar-refractivity contribution is -0.158. The molecule has 0 N–H and O–H groups in total. The molecule has 1 aliphatic heterocycles. The fourth-order valence-corrected chi connectivity index (χ4v) is 2.87. The lowest BCUT2D eigenvalue weighted by Crippen LogP contribution is -2.35. The van der Waals surface area contributed by atoms with E-state index >= 15 is 0 Å². The number of benzene rings is 2. The van der Waals surface area contributed by atoms with E-state index in [4.69, 9.17) is 14.2 Å². The third-order valence-corrected chi connectivity index (χ3v) is 4.41. The Hall–Kier alpha value is -2.68. The molecule has 156 valence electrons. The first-order valence-corrected chi connectivity index (χ1v) is 8.85. The molecule has 0 saturated carbocycles. The Bertz CT molecular complexity index is 872. The monoisotopic (exact) mass is 416 g/mol. The van der Waals surface area contributed by atoms with E-state index in [2.05, 4.69) is 0 Å². The smallest absolute Gasteiger partial charge is 0.344 e. The zero-order chi connectivity index (χ0) is 21.1. The van der Waals surface area contributed by atoms with E-state index in [0.717, 1.165) is 5.56 Å². The zero-order valence-electron chi connectivity index (χ0n) is 15.3. The van der Waals surface area contributed by atoms with Gasteiger partial charge in [-0.2, -0.15) is 0 Å². The summed E-state index contributed by atoms with van der Waals surface area (Å²) in [6.07, 6.45) is 0.448. The van der Waals surface area contributed by atoms with Gasteiger partial charge in [0, 0.05) is 6.42 Å². The Morgan fingerprint density at radius 2 is 1.55 bits per heavy atom. The normalized spacial score (nSPS) is 19.1. The van der Waals surface area contributed by atoms with Gasteiger partial charge in [-0.25, -0.2) is 26.7 Å². The second-order valence-electron chi connectivity index (χ2n) is 6.59. The molecule has 0 bridgehead atoms. The summed E-state index contributed by atoms with van der Waals surface area (Å²) in [5, 5.41) is 0. The third kappa shape index (κ3) is 4.67. The van der Waals surface area contributed by atoms with Crippen LogP contribution in [0, 0.1) is 36.0 Å². The standard InChI is InChI=1S/C20H17F5O4/c1-10-5-7-11(8-6-10)28-13-4-2-3-12(29-13)9-27-20(26)14-15(21)17(23)19(25)18(24)16(14)22/h5-8,12-13H,2-4,9H2,1H3. The molecule has 2 atom stereocenters. The van der Waals surface area contributed by atoms with Crippen molar-refractivity contribution < 1.29 is 41.0 Å². The maximum Gasteiger partial charge on any atom is 0.344 e. The van der Waals surface area contributed by atoms with Crippen LogP contribution in [0.15, 0.2) is 24.3 Å². The quantitative estimate of drug-likeness (QED) is 0.303. The van der Waals surface area contributed by atoms with Crippen LogP contribution >= 0.6 is 0 Å². The van der Waals surface area contributed by atoms with Gasteiger partial charge in [0.1, 0.15) is 17.9 Å². The second kappa shape index (κ2) is 8.77. The minimum Gasteiger partial charge on any atom is -0.465 e.